The zero-order valence-corrected chi connectivity index (χ0v) is 9.26. The van der Waals surface area contributed by atoms with Crippen molar-refractivity contribution in [1.82, 2.24) is 4.31 Å². The molecule has 1 aliphatic heterocycles. The maximum Gasteiger partial charge on any atom is 0.213 e. The highest BCUT2D eigenvalue weighted by atomic mass is 32.2. The SMILES string of the molecule is CCS(=O)(=O)N1CC(N)C(C)(C)C1. The molecule has 0 spiro atoms. The van der Waals surface area contributed by atoms with Crippen molar-refractivity contribution < 1.29 is 8.42 Å². The zero-order chi connectivity index (χ0) is 10.3. The van der Waals surface area contributed by atoms with Gasteiger partial charge < -0.3 is 5.73 Å². The third-order valence-corrected chi connectivity index (χ3v) is 4.54. The van der Waals surface area contributed by atoms with Crippen LogP contribution in [0.15, 0.2) is 0 Å². The van der Waals surface area contributed by atoms with Crippen LogP contribution in [-0.2, 0) is 10.0 Å². The van der Waals surface area contributed by atoms with Crippen molar-refractivity contribution in [3.63, 3.8) is 0 Å². The largest absolute Gasteiger partial charge is 0.326 e. The van der Waals surface area contributed by atoms with Crippen molar-refractivity contribution in [3.05, 3.63) is 0 Å². The van der Waals surface area contributed by atoms with E-state index in [-0.39, 0.29) is 17.2 Å². The summed E-state index contributed by atoms with van der Waals surface area (Å²) in [4.78, 5) is 0. The first kappa shape index (κ1) is 10.9. The maximum absolute atomic E-state index is 11.5. The number of nitrogens with zero attached hydrogens (tertiary/aromatic N) is 1. The minimum absolute atomic E-state index is 0.0474. The average Bonchev–Trinajstić information content (AvgIpc) is 2.28. The van der Waals surface area contributed by atoms with Crippen molar-refractivity contribution in [1.29, 1.82) is 0 Å². The van der Waals surface area contributed by atoms with Gasteiger partial charge in [0.25, 0.3) is 0 Å². The fourth-order valence-electron chi connectivity index (χ4n) is 1.50. The van der Waals surface area contributed by atoms with Crippen LogP contribution in [0.4, 0.5) is 0 Å². The first-order valence-corrected chi connectivity index (χ1v) is 6.14. The van der Waals surface area contributed by atoms with Crippen LogP contribution in [0.1, 0.15) is 20.8 Å². The number of hydrogen-bond acceptors (Lipinski definition) is 3. The second-order valence-corrected chi connectivity index (χ2v) is 6.55. The van der Waals surface area contributed by atoms with Crippen LogP contribution in [0.2, 0.25) is 0 Å². The monoisotopic (exact) mass is 206 g/mol. The molecule has 0 saturated carbocycles. The van der Waals surface area contributed by atoms with Crippen molar-refractivity contribution in [3.8, 4) is 0 Å². The van der Waals surface area contributed by atoms with Gasteiger partial charge in [-0.25, -0.2) is 8.42 Å². The van der Waals surface area contributed by atoms with Gasteiger partial charge in [-0.3, -0.25) is 0 Å². The Kier molecular flexibility index (Phi) is 2.71. The van der Waals surface area contributed by atoms with E-state index < -0.39 is 10.0 Å². The Hall–Kier alpha value is -0.130. The maximum atomic E-state index is 11.5. The molecule has 4 nitrogen and oxygen atoms in total. The van der Waals surface area contributed by atoms with Crippen LogP contribution in [0.3, 0.4) is 0 Å². The molecule has 1 unspecified atom stereocenters. The topological polar surface area (TPSA) is 63.4 Å². The summed E-state index contributed by atoms with van der Waals surface area (Å²) in [5.41, 5.74) is 5.75. The number of rotatable bonds is 2. The van der Waals surface area contributed by atoms with Gasteiger partial charge in [0.1, 0.15) is 0 Å². The Labute approximate surface area is 80.1 Å². The zero-order valence-electron chi connectivity index (χ0n) is 8.45. The lowest BCUT2D eigenvalue weighted by molar-refractivity contribution is 0.347. The molecule has 1 aliphatic rings. The second kappa shape index (κ2) is 3.22. The fraction of sp³-hybridized carbons (Fsp3) is 1.00. The van der Waals surface area contributed by atoms with Gasteiger partial charge in [0.15, 0.2) is 0 Å². The first-order valence-electron chi connectivity index (χ1n) is 4.53. The molecule has 2 N–H and O–H groups in total. The second-order valence-electron chi connectivity index (χ2n) is 4.29. The van der Waals surface area contributed by atoms with Gasteiger partial charge in [-0.15, -0.1) is 0 Å². The van der Waals surface area contributed by atoms with Crippen molar-refractivity contribution in [2.24, 2.45) is 11.1 Å². The molecule has 0 aliphatic carbocycles. The first-order chi connectivity index (χ1) is 5.79. The molecule has 1 saturated heterocycles. The van der Waals surface area contributed by atoms with Crippen LogP contribution in [0, 0.1) is 5.41 Å². The molecular weight excluding hydrogens is 188 g/mol. The summed E-state index contributed by atoms with van der Waals surface area (Å²) in [7, 11) is -3.05. The molecule has 1 fully saturated rings. The van der Waals surface area contributed by atoms with E-state index in [2.05, 4.69) is 0 Å². The summed E-state index contributed by atoms with van der Waals surface area (Å²) in [6.07, 6.45) is 0. The molecule has 1 heterocycles. The summed E-state index contributed by atoms with van der Waals surface area (Å²) in [5.74, 6) is 0.163. The summed E-state index contributed by atoms with van der Waals surface area (Å²) < 4.78 is 24.5. The van der Waals surface area contributed by atoms with Crippen molar-refractivity contribution in [2.45, 2.75) is 26.8 Å². The number of hydrogen-bond donors (Lipinski definition) is 1. The summed E-state index contributed by atoms with van der Waals surface area (Å²) in [5, 5.41) is 0. The van der Waals surface area contributed by atoms with E-state index in [0.29, 0.717) is 13.1 Å². The third kappa shape index (κ3) is 2.03. The lowest BCUT2D eigenvalue weighted by Gasteiger charge is -2.21. The normalized spacial score (nSPS) is 29.4. The van der Waals surface area contributed by atoms with E-state index in [0.717, 1.165) is 0 Å². The molecule has 1 atom stereocenters. The third-order valence-electron chi connectivity index (χ3n) is 2.75. The highest BCUT2D eigenvalue weighted by Crippen LogP contribution is 2.29. The van der Waals surface area contributed by atoms with Gasteiger partial charge in [0.2, 0.25) is 10.0 Å². The molecule has 0 bridgehead atoms. The molecule has 0 radical (unpaired) electrons. The van der Waals surface area contributed by atoms with Gasteiger partial charge >= 0.3 is 0 Å². The smallest absolute Gasteiger partial charge is 0.213 e. The van der Waals surface area contributed by atoms with Crippen LogP contribution in [-0.4, -0.2) is 37.6 Å². The minimum Gasteiger partial charge on any atom is -0.326 e. The molecule has 13 heavy (non-hydrogen) atoms. The van der Waals surface area contributed by atoms with Gasteiger partial charge in [-0.1, -0.05) is 13.8 Å². The van der Waals surface area contributed by atoms with Crippen LogP contribution < -0.4 is 5.73 Å². The van der Waals surface area contributed by atoms with Gasteiger partial charge in [-0.2, -0.15) is 4.31 Å². The van der Waals surface area contributed by atoms with E-state index in [1.807, 2.05) is 13.8 Å². The number of nitrogens with two attached hydrogens (primary N) is 1. The molecule has 78 valence electrons. The molecule has 5 heteroatoms. The van der Waals surface area contributed by atoms with Gasteiger partial charge in [0, 0.05) is 19.1 Å². The van der Waals surface area contributed by atoms with Crippen molar-refractivity contribution in [2.75, 3.05) is 18.8 Å². The lowest BCUT2D eigenvalue weighted by atomic mass is 9.89. The lowest BCUT2D eigenvalue weighted by Crippen LogP contribution is -2.35. The molecule has 0 aromatic rings. The van der Waals surface area contributed by atoms with E-state index in [9.17, 15) is 8.42 Å². The molecule has 0 aromatic carbocycles. The van der Waals surface area contributed by atoms with E-state index >= 15 is 0 Å². The van der Waals surface area contributed by atoms with Gasteiger partial charge in [0.05, 0.1) is 5.75 Å². The summed E-state index contributed by atoms with van der Waals surface area (Å²) in [6, 6.07) is -0.0474. The van der Waals surface area contributed by atoms with E-state index in [1.165, 1.54) is 4.31 Å². The van der Waals surface area contributed by atoms with E-state index in [4.69, 9.17) is 5.73 Å². The Balaban J connectivity index is 2.81. The standard InChI is InChI=1S/C8H18N2O2S/c1-4-13(11,12)10-5-7(9)8(2,3)6-10/h7H,4-6,9H2,1-3H3. The Morgan fingerprint density at radius 1 is 1.54 bits per heavy atom. The van der Waals surface area contributed by atoms with Crippen LogP contribution >= 0.6 is 0 Å². The molecule has 0 amide bonds. The fourth-order valence-corrected chi connectivity index (χ4v) is 2.78. The average molecular weight is 206 g/mol. The highest BCUT2D eigenvalue weighted by molar-refractivity contribution is 7.89. The highest BCUT2D eigenvalue weighted by Gasteiger charge is 2.41. The Bertz CT molecular complexity index is 285. The van der Waals surface area contributed by atoms with Gasteiger partial charge in [-0.05, 0) is 12.3 Å². The molecular formula is C8H18N2O2S. The predicted molar refractivity (Wildman–Crippen MR) is 52.8 cm³/mol. The minimum atomic E-state index is -3.05. The Morgan fingerprint density at radius 2 is 2.08 bits per heavy atom. The van der Waals surface area contributed by atoms with Crippen LogP contribution in [0.5, 0.6) is 0 Å². The Morgan fingerprint density at radius 3 is 2.38 bits per heavy atom. The summed E-state index contributed by atoms with van der Waals surface area (Å²) in [6.45, 7) is 6.67. The quantitative estimate of drug-likeness (QED) is 0.692. The van der Waals surface area contributed by atoms with Crippen LogP contribution in [0.25, 0.3) is 0 Å². The van der Waals surface area contributed by atoms with Crippen molar-refractivity contribution >= 4 is 10.0 Å². The number of sulfonamides is 1. The predicted octanol–water partition coefficient (Wildman–Crippen LogP) is 0.00520. The summed E-state index contributed by atoms with van der Waals surface area (Å²) >= 11 is 0. The molecule has 0 aromatic heterocycles. The van der Waals surface area contributed by atoms with E-state index in [1.54, 1.807) is 6.92 Å². The molecule has 1 rings (SSSR count).